The topological polar surface area (TPSA) is 65.7 Å². The van der Waals surface area contributed by atoms with Gasteiger partial charge in [-0.05, 0) is 31.0 Å². The van der Waals surface area contributed by atoms with Gasteiger partial charge in [-0.15, -0.1) is 0 Å². The van der Waals surface area contributed by atoms with Crippen LogP contribution in [0.25, 0.3) is 0 Å². The molecule has 0 bridgehead atoms. The molecule has 1 aliphatic heterocycles. The Bertz CT molecular complexity index is 707. The number of furan rings is 1. The van der Waals surface area contributed by atoms with Gasteiger partial charge in [-0.1, -0.05) is 31.4 Å². The van der Waals surface area contributed by atoms with Gasteiger partial charge in [0.05, 0.1) is 23.9 Å². The summed E-state index contributed by atoms with van der Waals surface area (Å²) in [7, 11) is 0. The first-order valence-corrected chi connectivity index (χ1v) is 8.16. The zero-order valence-electron chi connectivity index (χ0n) is 12.9. The summed E-state index contributed by atoms with van der Waals surface area (Å²) in [5.41, 5.74) is 1.16. The first kappa shape index (κ1) is 14.2. The molecule has 5 heteroatoms. The number of nitrogens with zero attached hydrogens (tertiary/aromatic N) is 1. The van der Waals surface area contributed by atoms with E-state index in [-0.39, 0.29) is 6.04 Å². The number of carboxylic acid groups (broad SMARTS) is 1. The van der Waals surface area contributed by atoms with E-state index < -0.39 is 11.6 Å². The summed E-state index contributed by atoms with van der Waals surface area (Å²) in [4.78, 5) is 14.5. The Labute approximate surface area is 134 Å². The Hall–Kier alpha value is -2.43. The molecule has 2 aromatic rings. The summed E-state index contributed by atoms with van der Waals surface area (Å²) in [5.74, 6) is -0.902. The maximum absolute atomic E-state index is 12.4. The lowest BCUT2D eigenvalue weighted by molar-refractivity contribution is -0.142. The highest BCUT2D eigenvalue weighted by Gasteiger charge is 2.54. The molecule has 0 radical (unpaired) electrons. The molecule has 0 saturated heterocycles. The minimum Gasteiger partial charge on any atom is -0.478 e. The first-order chi connectivity index (χ1) is 11.2. The number of hydrogen-bond acceptors (Lipinski definition) is 4. The van der Waals surface area contributed by atoms with Gasteiger partial charge in [0.25, 0.3) is 0 Å². The van der Waals surface area contributed by atoms with Crippen molar-refractivity contribution in [3.8, 4) is 0 Å². The number of hydrogen-bond donors (Lipinski definition) is 2. The van der Waals surface area contributed by atoms with Gasteiger partial charge in [0.15, 0.2) is 0 Å². The van der Waals surface area contributed by atoms with Crippen molar-refractivity contribution in [2.24, 2.45) is 0 Å². The number of carbonyl (C=O) groups is 1. The van der Waals surface area contributed by atoms with Gasteiger partial charge in [0.2, 0.25) is 5.66 Å². The maximum Gasteiger partial charge on any atom is 0.355 e. The van der Waals surface area contributed by atoms with Crippen LogP contribution in [0.15, 0.2) is 47.3 Å². The summed E-state index contributed by atoms with van der Waals surface area (Å²) in [6, 6.07) is 9.79. The summed E-state index contributed by atoms with van der Waals surface area (Å²) < 4.78 is 5.21. The molecule has 23 heavy (non-hydrogen) atoms. The lowest BCUT2D eigenvalue weighted by atomic mass is 9.90. The van der Waals surface area contributed by atoms with Crippen LogP contribution in [0, 0.1) is 0 Å². The molecule has 5 nitrogen and oxygen atoms in total. The third kappa shape index (κ3) is 2.03. The lowest BCUT2D eigenvalue weighted by Crippen LogP contribution is -2.58. The molecular weight excluding hydrogens is 292 g/mol. The van der Waals surface area contributed by atoms with Gasteiger partial charge >= 0.3 is 5.97 Å². The van der Waals surface area contributed by atoms with Crippen LogP contribution in [-0.2, 0) is 10.5 Å². The molecule has 0 amide bonds. The van der Waals surface area contributed by atoms with Gasteiger partial charge in [-0.3, -0.25) is 0 Å². The van der Waals surface area contributed by atoms with Crippen molar-refractivity contribution in [1.82, 2.24) is 0 Å². The number of para-hydroxylation sites is 2. The van der Waals surface area contributed by atoms with Crippen molar-refractivity contribution in [3.05, 3.63) is 48.4 Å². The van der Waals surface area contributed by atoms with Crippen LogP contribution in [0.3, 0.4) is 0 Å². The normalized spacial score (nSPS) is 24.3. The van der Waals surface area contributed by atoms with Gasteiger partial charge < -0.3 is 19.7 Å². The molecule has 1 aliphatic carbocycles. The third-order valence-corrected chi connectivity index (χ3v) is 5.03. The zero-order chi connectivity index (χ0) is 15.9. The van der Waals surface area contributed by atoms with E-state index in [0.29, 0.717) is 5.56 Å². The minimum absolute atomic E-state index is 0.214. The van der Waals surface area contributed by atoms with E-state index in [0.717, 1.165) is 37.1 Å². The van der Waals surface area contributed by atoms with Crippen molar-refractivity contribution in [2.75, 3.05) is 10.2 Å². The van der Waals surface area contributed by atoms with Crippen molar-refractivity contribution in [2.45, 2.75) is 43.8 Å². The van der Waals surface area contributed by atoms with Crippen LogP contribution >= 0.6 is 0 Å². The van der Waals surface area contributed by atoms with E-state index in [2.05, 4.69) is 10.2 Å². The maximum atomic E-state index is 12.4. The lowest BCUT2D eigenvalue weighted by Gasteiger charge is -2.42. The fourth-order valence-corrected chi connectivity index (χ4v) is 4.00. The van der Waals surface area contributed by atoms with Crippen LogP contribution in [0.1, 0.15) is 37.7 Å². The monoisotopic (exact) mass is 312 g/mol. The number of nitrogens with one attached hydrogen (secondary N) is 1. The number of anilines is 2. The molecule has 1 fully saturated rings. The predicted octanol–water partition coefficient (Wildman–Crippen LogP) is 3.78. The molecule has 2 aliphatic rings. The Morgan fingerprint density at radius 2 is 2.00 bits per heavy atom. The van der Waals surface area contributed by atoms with E-state index in [1.54, 1.807) is 6.07 Å². The van der Waals surface area contributed by atoms with E-state index in [9.17, 15) is 9.90 Å². The summed E-state index contributed by atoms with van der Waals surface area (Å²) >= 11 is 0. The quantitative estimate of drug-likeness (QED) is 0.903. The van der Waals surface area contributed by atoms with E-state index in [1.807, 2.05) is 24.3 Å². The second-order valence-electron chi connectivity index (χ2n) is 6.33. The molecule has 1 unspecified atom stereocenters. The Kier molecular flexibility index (Phi) is 3.29. The standard InChI is InChI=1S/C18H20N2O3/c21-17(22)18(13-10-11-23-12-13)19-15-8-4-5-9-16(15)20(18)14-6-2-1-3-7-14/h4-5,8-12,14,19H,1-3,6-7H2,(H,21,22). The highest BCUT2D eigenvalue weighted by Crippen LogP contribution is 2.48. The van der Waals surface area contributed by atoms with Gasteiger partial charge in [-0.25, -0.2) is 4.79 Å². The second-order valence-corrected chi connectivity index (χ2v) is 6.33. The molecule has 2 heterocycles. The van der Waals surface area contributed by atoms with Crippen molar-refractivity contribution in [1.29, 1.82) is 0 Å². The van der Waals surface area contributed by atoms with E-state index in [4.69, 9.17) is 4.42 Å². The van der Waals surface area contributed by atoms with E-state index in [1.165, 1.54) is 18.9 Å². The van der Waals surface area contributed by atoms with Crippen LogP contribution in [-0.4, -0.2) is 17.1 Å². The fourth-order valence-electron chi connectivity index (χ4n) is 4.00. The second kappa shape index (κ2) is 5.33. The number of benzene rings is 1. The summed E-state index contributed by atoms with van der Waals surface area (Å²) in [5, 5.41) is 13.4. The number of fused-ring (bicyclic) bond motifs is 1. The van der Waals surface area contributed by atoms with Crippen LogP contribution in [0.4, 0.5) is 11.4 Å². The van der Waals surface area contributed by atoms with Crippen LogP contribution in [0.5, 0.6) is 0 Å². The van der Waals surface area contributed by atoms with Gasteiger partial charge in [-0.2, -0.15) is 0 Å². The number of carboxylic acids is 1. The number of aliphatic carboxylic acids is 1. The van der Waals surface area contributed by atoms with Crippen LogP contribution < -0.4 is 10.2 Å². The zero-order valence-corrected chi connectivity index (χ0v) is 12.9. The minimum atomic E-state index is -1.29. The average Bonchev–Trinajstić information content (AvgIpc) is 3.21. The Balaban J connectivity index is 1.88. The number of rotatable bonds is 3. The molecule has 1 saturated carbocycles. The Morgan fingerprint density at radius 3 is 2.70 bits per heavy atom. The third-order valence-electron chi connectivity index (χ3n) is 5.03. The molecule has 4 rings (SSSR count). The molecular formula is C18H20N2O3. The summed E-state index contributed by atoms with van der Waals surface area (Å²) in [6.07, 6.45) is 8.61. The molecule has 0 spiro atoms. The SMILES string of the molecule is O=C(O)C1(c2ccoc2)Nc2ccccc2N1C1CCCCC1. The molecule has 120 valence electrons. The highest BCUT2D eigenvalue weighted by molar-refractivity contribution is 5.95. The van der Waals surface area contributed by atoms with Crippen molar-refractivity contribution >= 4 is 17.3 Å². The average molecular weight is 312 g/mol. The van der Waals surface area contributed by atoms with Crippen molar-refractivity contribution < 1.29 is 14.3 Å². The molecule has 2 N–H and O–H groups in total. The molecule has 1 aromatic heterocycles. The predicted molar refractivity (Wildman–Crippen MR) is 87.4 cm³/mol. The molecule has 1 atom stereocenters. The fraction of sp³-hybridized carbons (Fsp3) is 0.389. The highest BCUT2D eigenvalue weighted by atomic mass is 16.4. The van der Waals surface area contributed by atoms with Gasteiger partial charge in [0, 0.05) is 11.6 Å². The summed E-state index contributed by atoms with van der Waals surface area (Å²) in [6.45, 7) is 0. The van der Waals surface area contributed by atoms with Gasteiger partial charge in [0.1, 0.15) is 0 Å². The largest absolute Gasteiger partial charge is 0.478 e. The Morgan fingerprint density at radius 1 is 1.22 bits per heavy atom. The smallest absolute Gasteiger partial charge is 0.355 e. The molecule has 1 aromatic carbocycles. The van der Waals surface area contributed by atoms with Crippen molar-refractivity contribution in [3.63, 3.8) is 0 Å². The first-order valence-electron chi connectivity index (χ1n) is 8.16. The van der Waals surface area contributed by atoms with E-state index >= 15 is 0 Å². The van der Waals surface area contributed by atoms with Crippen LogP contribution in [0.2, 0.25) is 0 Å².